The summed E-state index contributed by atoms with van der Waals surface area (Å²) in [6.07, 6.45) is 0.546. The minimum Gasteiger partial charge on any atom is -0.370 e. The monoisotopic (exact) mass is 311 g/mol. The number of guanidine groups is 1. The molecule has 0 bridgehead atoms. The number of carbonyl (C=O) groups is 1. The molecule has 114 valence electrons. The van der Waals surface area contributed by atoms with Crippen LogP contribution in [0.3, 0.4) is 0 Å². The van der Waals surface area contributed by atoms with Gasteiger partial charge in [0.15, 0.2) is 11.4 Å². The normalized spacial score (nSPS) is 19.6. The van der Waals surface area contributed by atoms with Crippen molar-refractivity contribution in [2.45, 2.75) is 37.2 Å². The van der Waals surface area contributed by atoms with Gasteiger partial charge in [0.1, 0.15) is 0 Å². The van der Waals surface area contributed by atoms with E-state index in [4.69, 9.17) is 16.2 Å². The molecule has 0 fully saturated rings. The second kappa shape index (κ2) is 5.45. The molecule has 0 aromatic heterocycles. The predicted molar refractivity (Wildman–Crippen MR) is 77.4 cm³/mol. The molecule has 21 heavy (non-hydrogen) atoms. The number of amides is 1. The first kappa shape index (κ1) is 15.5. The van der Waals surface area contributed by atoms with E-state index in [1.807, 2.05) is 6.92 Å². The first-order chi connectivity index (χ1) is 9.77. The topological polar surface area (TPSA) is 125 Å². The van der Waals surface area contributed by atoms with Crippen molar-refractivity contribution in [1.29, 1.82) is 0 Å². The van der Waals surface area contributed by atoms with Crippen molar-refractivity contribution in [3.63, 3.8) is 0 Å². The molecular formula is C13H17N3O4S. The third-order valence-corrected chi connectivity index (χ3v) is 5.35. The van der Waals surface area contributed by atoms with E-state index in [0.29, 0.717) is 17.5 Å². The summed E-state index contributed by atoms with van der Waals surface area (Å²) in [7, 11) is -3.62. The van der Waals surface area contributed by atoms with Crippen LogP contribution < -0.4 is 11.5 Å². The molecule has 0 aliphatic carbocycles. The maximum atomic E-state index is 12.3. The Bertz CT molecular complexity index is 721. The van der Waals surface area contributed by atoms with Gasteiger partial charge in [-0.3, -0.25) is 4.79 Å². The van der Waals surface area contributed by atoms with Gasteiger partial charge in [-0.1, -0.05) is 13.0 Å². The average Bonchev–Trinajstić information content (AvgIpc) is 2.41. The van der Waals surface area contributed by atoms with Crippen LogP contribution >= 0.6 is 0 Å². The Labute approximate surface area is 122 Å². The van der Waals surface area contributed by atoms with Gasteiger partial charge >= 0.3 is 0 Å². The van der Waals surface area contributed by atoms with E-state index in [1.165, 1.54) is 13.0 Å². The van der Waals surface area contributed by atoms with Crippen molar-refractivity contribution in [2.24, 2.45) is 16.5 Å². The minimum atomic E-state index is -3.62. The van der Waals surface area contributed by atoms with Crippen LogP contribution in [-0.4, -0.2) is 25.7 Å². The van der Waals surface area contributed by atoms with Gasteiger partial charge in [0, 0.05) is 5.56 Å². The van der Waals surface area contributed by atoms with Gasteiger partial charge in [0.2, 0.25) is 9.84 Å². The lowest BCUT2D eigenvalue weighted by atomic mass is 10.0. The van der Waals surface area contributed by atoms with Crippen LogP contribution in [0.4, 0.5) is 0 Å². The molecule has 1 unspecified atom stereocenters. The highest BCUT2D eigenvalue weighted by Crippen LogP contribution is 2.31. The van der Waals surface area contributed by atoms with Crippen molar-refractivity contribution < 1.29 is 17.9 Å². The number of hydrogen-bond donors (Lipinski definition) is 2. The molecule has 1 aliphatic heterocycles. The quantitative estimate of drug-likeness (QED) is 0.598. The number of sulfone groups is 1. The lowest BCUT2D eigenvalue weighted by Crippen LogP contribution is -2.28. The van der Waals surface area contributed by atoms with Crippen molar-refractivity contribution >= 4 is 21.7 Å². The third kappa shape index (κ3) is 2.77. The second-order valence-corrected chi connectivity index (χ2v) is 6.93. The summed E-state index contributed by atoms with van der Waals surface area (Å²) in [5.41, 5.74) is 10.9. The zero-order valence-corrected chi connectivity index (χ0v) is 12.6. The van der Waals surface area contributed by atoms with E-state index < -0.39 is 21.2 Å². The van der Waals surface area contributed by atoms with E-state index in [2.05, 4.69) is 4.99 Å². The molecule has 0 saturated heterocycles. The highest BCUT2D eigenvalue weighted by Gasteiger charge is 2.33. The van der Waals surface area contributed by atoms with Crippen LogP contribution in [0.15, 0.2) is 22.0 Å². The summed E-state index contributed by atoms with van der Waals surface area (Å²) in [6.45, 7) is 3.51. The smallest absolute Gasteiger partial charge is 0.280 e. The fraction of sp³-hybridized carbons (Fsp3) is 0.385. The van der Waals surface area contributed by atoms with Crippen LogP contribution in [0.1, 0.15) is 35.3 Å². The lowest BCUT2D eigenvalue weighted by molar-refractivity contribution is 0.0943. The Hall–Kier alpha value is -1.93. The highest BCUT2D eigenvalue weighted by atomic mass is 32.2. The molecule has 1 amide bonds. The van der Waals surface area contributed by atoms with E-state index in [9.17, 15) is 13.2 Å². The maximum Gasteiger partial charge on any atom is 0.280 e. The van der Waals surface area contributed by atoms with Crippen molar-refractivity contribution in [3.8, 4) is 0 Å². The van der Waals surface area contributed by atoms with Gasteiger partial charge < -0.3 is 16.2 Å². The Morgan fingerprint density at radius 3 is 2.67 bits per heavy atom. The molecule has 1 heterocycles. The van der Waals surface area contributed by atoms with Gasteiger partial charge in [-0.25, -0.2) is 8.42 Å². The number of rotatable bonds is 2. The molecule has 1 aromatic carbocycles. The molecule has 8 heteroatoms. The number of carbonyl (C=O) groups excluding carboxylic acids is 1. The molecule has 2 rings (SSSR count). The van der Waals surface area contributed by atoms with Gasteiger partial charge in [0.25, 0.3) is 5.91 Å². The summed E-state index contributed by atoms with van der Waals surface area (Å²) in [5, 5.41) is 0. The van der Waals surface area contributed by atoms with Crippen molar-refractivity contribution in [2.75, 3.05) is 0 Å². The van der Waals surface area contributed by atoms with Crippen LogP contribution in [0.2, 0.25) is 0 Å². The summed E-state index contributed by atoms with van der Waals surface area (Å²) in [4.78, 5) is 15.6. The molecule has 4 N–H and O–H groups in total. The minimum absolute atomic E-state index is 0.104. The SMILES string of the molecule is CCc1cc2c(cc1C(=O)N=C(N)N)S(=O)(=O)C(C)OC2. The van der Waals surface area contributed by atoms with E-state index in [-0.39, 0.29) is 23.0 Å². The van der Waals surface area contributed by atoms with Crippen LogP contribution in [-0.2, 0) is 27.6 Å². The summed E-state index contributed by atoms with van der Waals surface area (Å²) in [5.74, 6) is -1.01. The highest BCUT2D eigenvalue weighted by molar-refractivity contribution is 7.92. The maximum absolute atomic E-state index is 12.3. The van der Waals surface area contributed by atoms with Crippen molar-refractivity contribution in [3.05, 3.63) is 28.8 Å². The molecule has 1 aromatic rings. The molecule has 1 atom stereocenters. The average molecular weight is 311 g/mol. The number of hydrogen-bond acceptors (Lipinski definition) is 4. The zero-order valence-electron chi connectivity index (χ0n) is 11.8. The van der Waals surface area contributed by atoms with Crippen LogP contribution in [0.25, 0.3) is 0 Å². The Balaban J connectivity index is 2.66. The number of ether oxygens (including phenoxy) is 1. The van der Waals surface area contributed by atoms with Gasteiger partial charge in [-0.05, 0) is 30.5 Å². The summed E-state index contributed by atoms with van der Waals surface area (Å²) >= 11 is 0. The molecule has 1 aliphatic rings. The zero-order chi connectivity index (χ0) is 15.8. The van der Waals surface area contributed by atoms with E-state index in [0.717, 1.165) is 0 Å². The van der Waals surface area contributed by atoms with Crippen LogP contribution in [0, 0.1) is 0 Å². The first-order valence-electron chi connectivity index (χ1n) is 6.42. The number of benzene rings is 1. The lowest BCUT2D eigenvalue weighted by Gasteiger charge is -2.24. The standard InChI is InChI=1S/C13H17N3O4S/c1-3-8-4-9-6-20-7(2)21(18,19)11(9)5-10(8)12(17)16-13(14)15/h4-5,7H,3,6H2,1-2H3,(H4,14,15,16,17). The van der Waals surface area contributed by atoms with E-state index >= 15 is 0 Å². The Morgan fingerprint density at radius 1 is 1.43 bits per heavy atom. The second-order valence-electron chi connectivity index (χ2n) is 4.74. The number of nitrogens with zero attached hydrogens (tertiary/aromatic N) is 1. The van der Waals surface area contributed by atoms with Gasteiger partial charge in [-0.2, -0.15) is 4.99 Å². The summed E-state index contributed by atoms with van der Waals surface area (Å²) in [6, 6.07) is 3.01. The molecule has 7 nitrogen and oxygen atoms in total. The fourth-order valence-corrected chi connectivity index (χ4v) is 3.57. The van der Waals surface area contributed by atoms with Crippen molar-refractivity contribution in [1.82, 2.24) is 0 Å². The Kier molecular flexibility index (Phi) is 4.02. The Morgan fingerprint density at radius 2 is 2.10 bits per heavy atom. The van der Waals surface area contributed by atoms with Crippen LogP contribution in [0.5, 0.6) is 0 Å². The molecule has 0 radical (unpaired) electrons. The largest absolute Gasteiger partial charge is 0.370 e. The number of fused-ring (bicyclic) bond motifs is 1. The van der Waals surface area contributed by atoms with E-state index in [1.54, 1.807) is 6.07 Å². The summed E-state index contributed by atoms with van der Waals surface area (Å²) < 4.78 is 29.8. The number of aliphatic imine (C=N–C) groups is 1. The van der Waals surface area contributed by atoms with Gasteiger partial charge in [-0.15, -0.1) is 0 Å². The van der Waals surface area contributed by atoms with Gasteiger partial charge in [0.05, 0.1) is 11.5 Å². The number of aryl methyl sites for hydroxylation is 1. The first-order valence-corrected chi connectivity index (χ1v) is 7.97. The third-order valence-electron chi connectivity index (χ3n) is 3.35. The molecule has 0 saturated carbocycles. The molecular weight excluding hydrogens is 294 g/mol. The predicted octanol–water partition coefficient (Wildman–Crippen LogP) is 0.313. The number of nitrogens with two attached hydrogens (primary N) is 2. The fourth-order valence-electron chi connectivity index (χ4n) is 2.20. The molecule has 0 spiro atoms.